The molecule has 1 aromatic heterocycles. The second-order valence-corrected chi connectivity index (χ2v) is 12.4. The quantitative estimate of drug-likeness (QED) is 0.0505. The van der Waals surface area contributed by atoms with Crippen LogP contribution < -0.4 is 19.1 Å². The minimum Gasteiger partial charge on any atom is -0.507 e. The molecule has 1 aliphatic heterocycles. The van der Waals surface area contributed by atoms with Crippen LogP contribution in [0, 0.1) is 0 Å². The number of ether oxygens (including phenoxy) is 3. The van der Waals surface area contributed by atoms with Gasteiger partial charge in [0, 0.05) is 16.3 Å². The van der Waals surface area contributed by atoms with Crippen molar-refractivity contribution < 1.29 is 28.9 Å². The first-order valence-electron chi connectivity index (χ1n) is 14.5. The third kappa shape index (κ3) is 7.11. The van der Waals surface area contributed by atoms with E-state index in [9.17, 15) is 14.7 Å². The van der Waals surface area contributed by atoms with Crippen LogP contribution in [0.1, 0.15) is 49.9 Å². The summed E-state index contributed by atoms with van der Waals surface area (Å²) in [4.78, 5) is 28.7. The van der Waals surface area contributed by atoms with Crippen LogP contribution in [0.2, 0.25) is 5.02 Å². The molecule has 1 fully saturated rings. The van der Waals surface area contributed by atoms with Gasteiger partial charge in [0.2, 0.25) is 5.13 Å². The van der Waals surface area contributed by atoms with Crippen LogP contribution in [0.5, 0.6) is 17.2 Å². The van der Waals surface area contributed by atoms with E-state index in [2.05, 4.69) is 10.2 Å². The van der Waals surface area contributed by atoms with Gasteiger partial charge in [0.15, 0.2) is 15.8 Å². The second-order valence-electron chi connectivity index (χ2n) is 9.84. The molecule has 1 amide bonds. The monoisotopic (exact) mass is 665 g/mol. The van der Waals surface area contributed by atoms with Gasteiger partial charge >= 0.3 is 5.91 Å². The number of thioether (sulfide) groups is 1. The minimum absolute atomic E-state index is 0.0747. The largest absolute Gasteiger partial charge is 0.507 e. The molecule has 0 radical (unpaired) electrons. The summed E-state index contributed by atoms with van der Waals surface area (Å²) in [5.74, 6) is 0.192. The van der Waals surface area contributed by atoms with E-state index in [1.807, 2.05) is 45.0 Å². The molecule has 3 aromatic carbocycles. The van der Waals surface area contributed by atoms with E-state index in [1.165, 1.54) is 28.0 Å². The number of aliphatic hydroxyl groups is 1. The Kier molecular flexibility index (Phi) is 10.6. The van der Waals surface area contributed by atoms with E-state index in [-0.39, 0.29) is 16.5 Å². The summed E-state index contributed by atoms with van der Waals surface area (Å²) >= 11 is 8.93. The maximum atomic E-state index is 13.7. The molecule has 1 aliphatic rings. The first-order chi connectivity index (χ1) is 21.9. The van der Waals surface area contributed by atoms with Crippen LogP contribution in [0.4, 0.5) is 5.13 Å². The molecule has 1 saturated heterocycles. The number of ketones is 1. The fourth-order valence-corrected chi connectivity index (χ4v) is 6.94. The third-order valence-electron chi connectivity index (χ3n) is 6.84. The molecule has 234 valence electrons. The molecule has 5 rings (SSSR count). The van der Waals surface area contributed by atoms with Crippen molar-refractivity contribution in [3.63, 3.8) is 0 Å². The lowest BCUT2D eigenvalue weighted by Gasteiger charge is -2.23. The van der Waals surface area contributed by atoms with E-state index >= 15 is 0 Å². The first-order valence-corrected chi connectivity index (χ1v) is 16.7. The zero-order valence-corrected chi connectivity index (χ0v) is 27.4. The normalized spacial score (nSPS) is 15.8. The summed E-state index contributed by atoms with van der Waals surface area (Å²) in [6, 6.07) is 18.4. The Morgan fingerprint density at radius 3 is 2.42 bits per heavy atom. The molecule has 1 N–H and O–H groups in total. The van der Waals surface area contributed by atoms with Crippen LogP contribution in [0.3, 0.4) is 0 Å². The predicted molar refractivity (Wildman–Crippen MR) is 177 cm³/mol. The Morgan fingerprint density at radius 2 is 1.71 bits per heavy atom. The number of anilines is 1. The molecular weight excluding hydrogens is 634 g/mol. The lowest BCUT2D eigenvalue weighted by Crippen LogP contribution is -2.29. The molecule has 1 atom stereocenters. The van der Waals surface area contributed by atoms with Crippen LogP contribution in [0.25, 0.3) is 5.76 Å². The van der Waals surface area contributed by atoms with Crippen LogP contribution in [-0.2, 0) is 15.3 Å². The van der Waals surface area contributed by atoms with Crippen molar-refractivity contribution in [2.45, 2.75) is 43.3 Å². The Bertz CT molecular complexity index is 1710. The molecule has 12 heteroatoms. The van der Waals surface area contributed by atoms with Crippen LogP contribution in [-0.4, -0.2) is 46.8 Å². The fourth-order valence-electron chi connectivity index (χ4n) is 4.78. The molecule has 9 nitrogen and oxygen atoms in total. The average Bonchev–Trinajstić information content (AvgIpc) is 3.62. The molecular formula is C33H32ClN3O6S2. The van der Waals surface area contributed by atoms with E-state index in [0.717, 1.165) is 12.0 Å². The Hall–Kier alpha value is -4.06. The second kappa shape index (κ2) is 14.8. The summed E-state index contributed by atoms with van der Waals surface area (Å²) in [5.41, 5.74) is 1.76. The van der Waals surface area contributed by atoms with Gasteiger partial charge in [-0.05, 0) is 73.9 Å². The number of rotatable bonds is 13. The summed E-state index contributed by atoms with van der Waals surface area (Å²) in [6.45, 7) is 7.09. The van der Waals surface area contributed by atoms with Crippen molar-refractivity contribution >= 4 is 57.3 Å². The lowest BCUT2D eigenvalue weighted by molar-refractivity contribution is -0.132. The van der Waals surface area contributed by atoms with E-state index in [1.54, 1.807) is 42.5 Å². The number of amides is 1. The Labute approximate surface area is 274 Å². The molecule has 0 spiro atoms. The number of carbonyl (C=O) groups excluding carboxylic acids is 2. The van der Waals surface area contributed by atoms with Gasteiger partial charge in [-0.2, -0.15) is 0 Å². The van der Waals surface area contributed by atoms with E-state index in [4.69, 9.17) is 25.8 Å². The highest BCUT2D eigenvalue weighted by Gasteiger charge is 2.48. The highest BCUT2D eigenvalue weighted by Crippen LogP contribution is 2.46. The number of halogens is 1. The predicted octanol–water partition coefficient (Wildman–Crippen LogP) is 7.70. The zero-order chi connectivity index (χ0) is 31.9. The SMILES string of the molecule is CCCOc1ccc(C2C(=C(O)c3ccc(OCC)cc3)C(=O)C(=O)N2c2nnc(SCc3ccccc3Cl)s2)cc1OCC. The minimum atomic E-state index is -1.01. The third-order valence-corrected chi connectivity index (χ3v) is 9.31. The van der Waals surface area contributed by atoms with Crippen molar-refractivity contribution in [1.29, 1.82) is 0 Å². The van der Waals surface area contributed by atoms with Gasteiger partial charge in [0.1, 0.15) is 11.5 Å². The number of benzene rings is 3. The zero-order valence-electron chi connectivity index (χ0n) is 25.0. The summed E-state index contributed by atoms with van der Waals surface area (Å²) in [7, 11) is 0. The maximum Gasteiger partial charge on any atom is 0.301 e. The van der Waals surface area contributed by atoms with Crippen molar-refractivity contribution in [3.05, 3.63) is 94.0 Å². The highest BCUT2D eigenvalue weighted by atomic mass is 35.5. The van der Waals surface area contributed by atoms with Crippen molar-refractivity contribution in [2.24, 2.45) is 0 Å². The molecule has 0 bridgehead atoms. The molecule has 2 heterocycles. The van der Waals surface area contributed by atoms with Gasteiger partial charge in [0.25, 0.3) is 5.78 Å². The maximum absolute atomic E-state index is 13.7. The van der Waals surface area contributed by atoms with Crippen molar-refractivity contribution in [3.8, 4) is 17.2 Å². The standard InChI is InChI=1S/C33H32ClN3O6S2/c1-4-17-43-25-16-13-21(18-26(25)42-6-3)28-27(29(38)20-11-14-23(15-12-20)41-5-2)30(39)31(40)37(28)32-35-36-33(45-32)44-19-22-9-7-8-10-24(22)34/h7-16,18,28,38H,4-6,17,19H2,1-3H3. The van der Waals surface area contributed by atoms with Crippen molar-refractivity contribution in [2.75, 3.05) is 24.7 Å². The number of hydrogen-bond donors (Lipinski definition) is 1. The smallest absolute Gasteiger partial charge is 0.301 e. The number of aromatic nitrogens is 2. The van der Waals surface area contributed by atoms with Crippen molar-refractivity contribution in [1.82, 2.24) is 10.2 Å². The summed E-state index contributed by atoms with van der Waals surface area (Å²) in [6.07, 6.45) is 0.809. The molecule has 0 aliphatic carbocycles. The molecule has 4 aromatic rings. The van der Waals surface area contributed by atoms with Crippen LogP contribution >= 0.6 is 34.7 Å². The highest BCUT2D eigenvalue weighted by molar-refractivity contribution is 8.00. The van der Waals surface area contributed by atoms with Gasteiger partial charge in [-0.25, -0.2) is 0 Å². The van der Waals surface area contributed by atoms with E-state index < -0.39 is 17.7 Å². The number of carbonyl (C=O) groups is 2. The van der Waals surface area contributed by atoms with Gasteiger partial charge in [-0.1, -0.05) is 65.9 Å². The number of nitrogens with zero attached hydrogens (tertiary/aromatic N) is 3. The number of aliphatic hydroxyl groups excluding tert-OH is 1. The van der Waals surface area contributed by atoms with E-state index in [0.29, 0.717) is 63.3 Å². The summed E-state index contributed by atoms with van der Waals surface area (Å²) in [5, 5.41) is 21.0. The fraction of sp³-hybridized carbons (Fsp3) is 0.273. The van der Waals surface area contributed by atoms with Gasteiger partial charge < -0.3 is 19.3 Å². The first kappa shape index (κ1) is 32.3. The van der Waals surface area contributed by atoms with Crippen LogP contribution in [0.15, 0.2) is 76.6 Å². The molecule has 45 heavy (non-hydrogen) atoms. The number of hydrogen-bond acceptors (Lipinski definition) is 10. The summed E-state index contributed by atoms with van der Waals surface area (Å²) < 4.78 is 17.9. The number of Topliss-reactive ketones (excluding diaryl/α,β-unsaturated/α-hetero) is 1. The lowest BCUT2D eigenvalue weighted by atomic mass is 9.95. The topological polar surface area (TPSA) is 111 Å². The average molecular weight is 666 g/mol. The Balaban J connectivity index is 1.57. The van der Waals surface area contributed by atoms with Gasteiger partial charge in [-0.15, -0.1) is 10.2 Å². The van der Waals surface area contributed by atoms with Gasteiger partial charge in [-0.3, -0.25) is 14.5 Å². The van der Waals surface area contributed by atoms with Gasteiger partial charge in [0.05, 0.1) is 31.4 Å². The molecule has 1 unspecified atom stereocenters. The molecule has 0 saturated carbocycles. The Morgan fingerprint density at radius 1 is 0.956 bits per heavy atom.